The number of nitrogens with one attached hydrogen (secondary N) is 4. The first-order valence-electron chi connectivity index (χ1n) is 9.02. The Kier molecular flexibility index (Phi) is 6.37. The van der Waals surface area contributed by atoms with Crippen molar-refractivity contribution in [3.63, 3.8) is 0 Å². The smallest absolute Gasteiger partial charge is 0.231 e. The summed E-state index contributed by atoms with van der Waals surface area (Å²) in [6, 6.07) is 6.24. The lowest BCUT2D eigenvalue weighted by Gasteiger charge is -2.35. The van der Waals surface area contributed by atoms with Crippen LogP contribution in [0.1, 0.15) is 38.7 Å². The van der Waals surface area contributed by atoms with E-state index in [-0.39, 0.29) is 6.79 Å². The van der Waals surface area contributed by atoms with Gasteiger partial charge in [0.25, 0.3) is 0 Å². The highest BCUT2D eigenvalue weighted by Crippen LogP contribution is 2.32. The lowest BCUT2D eigenvalue weighted by Crippen LogP contribution is -2.54. The minimum atomic E-state index is 0.277. The molecule has 0 radical (unpaired) electrons. The zero-order valence-corrected chi connectivity index (χ0v) is 16.8. The highest BCUT2D eigenvalue weighted by Gasteiger charge is 2.27. The van der Waals surface area contributed by atoms with Crippen LogP contribution in [0, 0.1) is 11.8 Å². The Morgan fingerprint density at radius 2 is 1.85 bits per heavy atom. The first kappa shape index (κ1) is 19.0. The number of hydrazine groups is 1. The van der Waals surface area contributed by atoms with E-state index in [0.29, 0.717) is 28.7 Å². The molecule has 1 fully saturated rings. The fraction of sp³-hybridized carbons (Fsp3) is 0.556. The van der Waals surface area contributed by atoms with Crippen molar-refractivity contribution in [1.82, 2.24) is 21.5 Å². The van der Waals surface area contributed by atoms with Crippen molar-refractivity contribution in [3.8, 4) is 11.5 Å². The Morgan fingerprint density at radius 1 is 1.08 bits per heavy atom. The van der Waals surface area contributed by atoms with Crippen LogP contribution in [0.5, 0.6) is 11.5 Å². The third-order valence-electron chi connectivity index (χ3n) is 5.20. The van der Waals surface area contributed by atoms with Gasteiger partial charge >= 0.3 is 0 Å². The fourth-order valence-corrected chi connectivity index (χ4v) is 3.71. The van der Waals surface area contributed by atoms with E-state index in [1.807, 2.05) is 18.2 Å². The van der Waals surface area contributed by atoms with E-state index in [4.69, 9.17) is 33.9 Å². The molecule has 1 aliphatic heterocycles. The number of hydrogen-bond donors (Lipinski definition) is 4. The van der Waals surface area contributed by atoms with Crippen LogP contribution in [0.25, 0.3) is 0 Å². The molecule has 1 heterocycles. The molecular formula is C18H26N4O2S2. The number of rotatable bonds is 3. The Morgan fingerprint density at radius 3 is 2.69 bits per heavy atom. The van der Waals surface area contributed by atoms with Crippen LogP contribution < -0.4 is 31.0 Å². The Bertz CT molecular complexity index is 671. The van der Waals surface area contributed by atoms with E-state index in [1.165, 1.54) is 12.8 Å². The summed E-state index contributed by atoms with van der Waals surface area (Å²) in [6.07, 6.45) is 3.69. The predicted octanol–water partition coefficient (Wildman–Crippen LogP) is 2.58. The highest BCUT2D eigenvalue weighted by molar-refractivity contribution is 7.80. The summed E-state index contributed by atoms with van der Waals surface area (Å²) in [5, 5.41) is 7.59. The summed E-state index contributed by atoms with van der Waals surface area (Å²) in [7, 11) is 0. The second kappa shape index (κ2) is 8.73. The van der Waals surface area contributed by atoms with Crippen molar-refractivity contribution in [2.45, 2.75) is 45.7 Å². The van der Waals surface area contributed by atoms with Gasteiger partial charge in [0.15, 0.2) is 21.7 Å². The molecule has 2 aliphatic rings. The van der Waals surface area contributed by atoms with Gasteiger partial charge in [-0.2, -0.15) is 0 Å². The summed E-state index contributed by atoms with van der Waals surface area (Å²) >= 11 is 10.7. The molecule has 142 valence electrons. The van der Waals surface area contributed by atoms with Gasteiger partial charge in [-0.3, -0.25) is 10.9 Å². The zero-order valence-electron chi connectivity index (χ0n) is 15.1. The molecule has 0 unspecified atom stereocenters. The minimum Gasteiger partial charge on any atom is -0.454 e. The van der Waals surface area contributed by atoms with E-state index in [0.717, 1.165) is 29.4 Å². The van der Waals surface area contributed by atoms with Crippen molar-refractivity contribution in [3.05, 3.63) is 23.8 Å². The van der Waals surface area contributed by atoms with Crippen LogP contribution in [-0.2, 0) is 6.54 Å². The summed E-state index contributed by atoms with van der Waals surface area (Å²) in [5.41, 5.74) is 6.96. The molecule has 4 N–H and O–H groups in total. The van der Waals surface area contributed by atoms with Gasteiger partial charge in [-0.25, -0.2) is 0 Å². The average Bonchev–Trinajstić information content (AvgIpc) is 3.10. The molecule has 1 aromatic rings. The summed E-state index contributed by atoms with van der Waals surface area (Å²) in [4.78, 5) is 0. The van der Waals surface area contributed by atoms with E-state index >= 15 is 0 Å². The van der Waals surface area contributed by atoms with Crippen LogP contribution in [0.3, 0.4) is 0 Å². The molecule has 0 amide bonds. The molecular weight excluding hydrogens is 368 g/mol. The molecule has 3 rings (SSSR count). The lowest BCUT2D eigenvalue weighted by atomic mass is 9.78. The van der Waals surface area contributed by atoms with Gasteiger partial charge in [0.05, 0.1) is 0 Å². The number of ether oxygens (including phenoxy) is 2. The van der Waals surface area contributed by atoms with Crippen LogP contribution in [0.15, 0.2) is 18.2 Å². The predicted molar refractivity (Wildman–Crippen MR) is 110 cm³/mol. The van der Waals surface area contributed by atoms with Gasteiger partial charge in [-0.1, -0.05) is 32.8 Å². The number of fused-ring (bicyclic) bond motifs is 1. The maximum absolute atomic E-state index is 5.38. The second-order valence-corrected chi connectivity index (χ2v) is 7.78. The van der Waals surface area contributed by atoms with Gasteiger partial charge in [0.1, 0.15) is 0 Å². The summed E-state index contributed by atoms with van der Waals surface area (Å²) in [5.74, 6) is 2.88. The lowest BCUT2D eigenvalue weighted by molar-refractivity contribution is 0.174. The zero-order chi connectivity index (χ0) is 18.5. The van der Waals surface area contributed by atoms with Crippen molar-refractivity contribution >= 4 is 34.7 Å². The molecule has 8 heteroatoms. The summed E-state index contributed by atoms with van der Waals surface area (Å²) in [6.45, 7) is 5.46. The number of benzene rings is 1. The first-order chi connectivity index (χ1) is 12.5. The van der Waals surface area contributed by atoms with E-state index in [1.54, 1.807) is 0 Å². The largest absolute Gasteiger partial charge is 0.454 e. The maximum Gasteiger partial charge on any atom is 0.231 e. The van der Waals surface area contributed by atoms with Crippen molar-refractivity contribution in [2.75, 3.05) is 6.79 Å². The van der Waals surface area contributed by atoms with Crippen LogP contribution >= 0.6 is 24.4 Å². The van der Waals surface area contributed by atoms with Crippen LogP contribution in [0.2, 0.25) is 0 Å². The normalized spacial score (nSPS) is 23.8. The molecule has 26 heavy (non-hydrogen) atoms. The molecule has 0 saturated heterocycles. The number of hydrogen-bond acceptors (Lipinski definition) is 4. The SMILES string of the molecule is C[C@@H]1[C@H](C)CCC[C@@H]1NC(=S)NNC(=S)NCc1ccc2c(c1)OCO2. The van der Waals surface area contributed by atoms with Gasteiger partial charge in [-0.15, -0.1) is 0 Å². The van der Waals surface area contributed by atoms with Crippen molar-refractivity contribution < 1.29 is 9.47 Å². The molecule has 0 aromatic heterocycles. The van der Waals surface area contributed by atoms with Crippen molar-refractivity contribution in [1.29, 1.82) is 0 Å². The quantitative estimate of drug-likeness (QED) is 0.461. The minimum absolute atomic E-state index is 0.277. The highest BCUT2D eigenvalue weighted by atomic mass is 32.1. The first-order valence-corrected chi connectivity index (χ1v) is 9.83. The second-order valence-electron chi connectivity index (χ2n) is 6.97. The van der Waals surface area contributed by atoms with E-state index < -0.39 is 0 Å². The molecule has 3 atom stereocenters. The Hall–Kier alpha value is -1.80. The molecule has 6 nitrogen and oxygen atoms in total. The monoisotopic (exact) mass is 394 g/mol. The third kappa shape index (κ3) is 4.88. The topological polar surface area (TPSA) is 66.6 Å². The van der Waals surface area contributed by atoms with Gasteiger partial charge in [0, 0.05) is 12.6 Å². The summed E-state index contributed by atoms with van der Waals surface area (Å²) < 4.78 is 10.7. The number of thiocarbonyl (C=S) groups is 2. The molecule has 1 saturated carbocycles. The third-order valence-corrected chi connectivity index (χ3v) is 5.67. The standard InChI is InChI=1S/C18H26N4O2S2/c1-11-4-3-5-14(12(11)2)20-18(26)22-21-17(25)19-9-13-6-7-15-16(8-13)24-10-23-15/h6-8,11-12,14H,3-5,9-10H2,1-2H3,(H2,19,21,25)(H2,20,22,26)/t11-,12-,14+/m1/s1. The Labute approximate surface area is 165 Å². The van der Waals surface area contributed by atoms with Crippen molar-refractivity contribution in [2.24, 2.45) is 11.8 Å². The Balaban J connectivity index is 1.37. The van der Waals surface area contributed by atoms with E-state index in [9.17, 15) is 0 Å². The van der Waals surface area contributed by atoms with Crippen LogP contribution in [-0.4, -0.2) is 23.1 Å². The van der Waals surface area contributed by atoms with Gasteiger partial charge in [0.2, 0.25) is 6.79 Å². The molecule has 0 spiro atoms. The fourth-order valence-electron chi connectivity index (χ4n) is 3.38. The molecule has 1 aromatic carbocycles. The average molecular weight is 395 g/mol. The maximum atomic E-state index is 5.38. The molecule has 0 bridgehead atoms. The van der Waals surface area contributed by atoms with Gasteiger partial charge in [-0.05, 0) is 60.4 Å². The van der Waals surface area contributed by atoms with Crippen LogP contribution in [0.4, 0.5) is 0 Å². The van der Waals surface area contributed by atoms with E-state index in [2.05, 4.69) is 35.3 Å². The molecule has 1 aliphatic carbocycles. The van der Waals surface area contributed by atoms with Gasteiger partial charge < -0.3 is 20.1 Å².